The largest absolute Gasteiger partial charge is 0.464 e. The Kier molecular flexibility index (Phi) is 11.8. The van der Waals surface area contributed by atoms with E-state index in [1.165, 1.54) is 0 Å². The lowest BCUT2D eigenvalue weighted by Gasteiger charge is -2.34. The van der Waals surface area contributed by atoms with Gasteiger partial charge in [0.1, 0.15) is 0 Å². The first kappa shape index (κ1) is 46.3. The smallest absolute Gasteiger partial charge is 0.400 e. The molecule has 0 aromatic heterocycles. The molecule has 0 aromatic rings. The maximum atomic E-state index is 13.5. The van der Waals surface area contributed by atoms with Crippen molar-refractivity contribution < 1.29 is 144 Å². The molecule has 0 heterocycles. The van der Waals surface area contributed by atoms with Crippen molar-refractivity contribution in [3.8, 4) is 0 Å². The van der Waals surface area contributed by atoms with Gasteiger partial charge in [-0.3, -0.25) is 0 Å². The van der Waals surface area contributed by atoms with E-state index in [1.54, 1.807) is 0 Å². The molecule has 0 aliphatic rings. The molecule has 0 bridgehead atoms. The van der Waals surface area contributed by atoms with Crippen LogP contribution in [-0.4, -0.2) is 75.5 Å². The molecule has 0 spiro atoms. The molecule has 0 saturated heterocycles. The molecule has 0 aliphatic heterocycles. The average molecular weight is 838 g/mol. The van der Waals surface area contributed by atoms with Gasteiger partial charge in [-0.15, -0.1) is 0 Å². The van der Waals surface area contributed by atoms with Crippen LogP contribution in [0.2, 0.25) is 0 Å². The van der Waals surface area contributed by atoms with E-state index in [-0.39, 0.29) is 0 Å². The van der Waals surface area contributed by atoms with Crippen LogP contribution in [0.5, 0.6) is 0 Å². The maximum Gasteiger partial charge on any atom is 0.464 e. The normalized spacial score (nSPS) is 17.1. The summed E-state index contributed by atoms with van der Waals surface area (Å²) >= 11 is 0. The second-order valence-corrected chi connectivity index (χ2v) is 10.5. The van der Waals surface area contributed by atoms with Crippen molar-refractivity contribution in [3.63, 3.8) is 0 Å². The van der Waals surface area contributed by atoms with Gasteiger partial charge in [-0.25, -0.2) is 9.47 Å². The summed E-state index contributed by atoms with van der Waals surface area (Å²) in [5, 5.41) is -15.4. The Morgan fingerprint density at radius 3 is 0.776 bits per heavy atom. The highest BCUT2D eigenvalue weighted by molar-refractivity contribution is 7.87. The first-order chi connectivity index (χ1) is 20.8. The van der Waals surface area contributed by atoms with Crippen LogP contribution in [0.3, 0.4) is 0 Å². The maximum absolute atomic E-state index is 13.5. The van der Waals surface area contributed by atoms with Gasteiger partial charge in [-0.05, 0) is 0 Å². The van der Waals surface area contributed by atoms with Crippen LogP contribution in [0.4, 0.5) is 113 Å². The Balaban J connectivity index is 6.83. The van der Waals surface area contributed by atoms with E-state index in [0.29, 0.717) is 0 Å². The van der Waals surface area contributed by atoms with Gasteiger partial charge in [-0.2, -0.15) is 122 Å². The van der Waals surface area contributed by atoms with Crippen molar-refractivity contribution in [1.29, 1.82) is 0 Å². The van der Waals surface area contributed by atoms with Gasteiger partial charge in [-0.1, -0.05) is 7.77 Å². The summed E-state index contributed by atoms with van der Waals surface area (Å²) in [6.07, 6.45) is -32.2. The summed E-state index contributed by atoms with van der Waals surface area (Å²) in [5.41, 5.74) is 0. The van der Waals surface area contributed by atoms with E-state index < -0.39 is 103 Å². The molecule has 0 aliphatic carbocycles. The molecule has 0 saturated carbocycles. The molecular formula is C14F26O7S2. The Morgan fingerprint density at radius 2 is 0.592 bits per heavy atom. The van der Waals surface area contributed by atoms with Gasteiger partial charge in [0.15, 0.2) is 0 Å². The fourth-order valence-electron chi connectivity index (χ4n) is 1.91. The molecule has 0 unspecified atom stereocenters. The number of allylic oxidation sites excluding steroid dienone is 2. The van der Waals surface area contributed by atoms with Crippen LogP contribution in [0, 0.1) is 0 Å². The van der Waals surface area contributed by atoms with Gasteiger partial charge >= 0.3 is 91.1 Å². The lowest BCUT2D eigenvalue weighted by molar-refractivity contribution is -0.474. The van der Waals surface area contributed by atoms with Crippen LogP contribution in [-0.2, 0) is 34.7 Å². The zero-order chi connectivity index (χ0) is 40.4. The van der Waals surface area contributed by atoms with E-state index in [2.05, 4.69) is 0 Å². The van der Waals surface area contributed by atoms with Crippen molar-refractivity contribution in [2.45, 2.75) is 58.6 Å². The summed E-state index contributed by atoms with van der Waals surface area (Å²) < 4.78 is 385. The van der Waals surface area contributed by atoms with Crippen molar-refractivity contribution in [2.24, 2.45) is 0 Å². The van der Waals surface area contributed by atoms with Gasteiger partial charge in [0.05, 0.1) is 0 Å². The third-order valence-electron chi connectivity index (χ3n) is 4.40. The zero-order valence-corrected chi connectivity index (χ0v) is 22.1. The van der Waals surface area contributed by atoms with E-state index >= 15 is 0 Å². The molecule has 0 rings (SSSR count). The fraction of sp³-hybridized carbons (Fsp3) is 0.714. The predicted molar refractivity (Wildman–Crippen MR) is 91.3 cm³/mol. The van der Waals surface area contributed by atoms with Crippen LogP contribution in [0.1, 0.15) is 0 Å². The van der Waals surface area contributed by atoms with Crippen LogP contribution < -0.4 is 0 Å². The van der Waals surface area contributed by atoms with E-state index in [4.69, 9.17) is 0 Å². The zero-order valence-electron chi connectivity index (χ0n) is 20.5. The van der Waals surface area contributed by atoms with E-state index in [0.717, 1.165) is 9.47 Å². The monoisotopic (exact) mass is 838 g/mol. The van der Waals surface area contributed by atoms with Crippen molar-refractivity contribution >= 4 is 20.4 Å². The summed E-state index contributed by atoms with van der Waals surface area (Å²) in [5.74, 6) is -43.9. The minimum Gasteiger partial charge on any atom is -0.400 e. The van der Waals surface area contributed by atoms with Crippen LogP contribution in [0.15, 0.2) is 23.7 Å². The number of rotatable bonds is 16. The third kappa shape index (κ3) is 7.65. The summed E-state index contributed by atoms with van der Waals surface area (Å²) in [6, 6.07) is -9.95. The molecule has 49 heavy (non-hydrogen) atoms. The number of alkyl halides is 20. The molecule has 292 valence electrons. The van der Waals surface area contributed by atoms with Gasteiger partial charge < -0.3 is 4.74 Å². The summed E-state index contributed by atoms with van der Waals surface area (Å²) in [4.78, 5) is 0. The average Bonchev–Trinajstić information content (AvgIpc) is 2.84. The van der Waals surface area contributed by atoms with Crippen molar-refractivity contribution in [3.05, 3.63) is 23.7 Å². The van der Waals surface area contributed by atoms with Gasteiger partial charge in [0.25, 0.3) is 0 Å². The van der Waals surface area contributed by atoms with E-state index in [1.807, 2.05) is 4.74 Å². The molecule has 0 aromatic carbocycles. The number of halogens is 26. The summed E-state index contributed by atoms with van der Waals surface area (Å²) in [7, 11) is -16.4. The molecule has 0 amide bonds. The molecule has 0 fully saturated rings. The quantitative estimate of drug-likeness (QED) is 0.0885. The molecule has 35 heteroatoms. The standard InChI is InChI=1S/C14F26O7S2/c15-1(5(19,20)7(23,24)9(27,28)46-11(31,32)13(35,36)48(39,41)42)3(17)45-4(18)2(16)6(21,22)8(25,26)10(29,30)47-12(33,34)14(37,38)49(40,43)44. The predicted octanol–water partition coefficient (Wildman–Crippen LogP) is 7.95. The second-order valence-electron chi connectivity index (χ2n) is 7.76. The Labute approximate surface area is 248 Å². The van der Waals surface area contributed by atoms with Crippen LogP contribution in [0.25, 0.3) is 0 Å². The fourth-order valence-corrected chi connectivity index (χ4v) is 2.56. The first-order valence-corrected chi connectivity index (χ1v) is 12.4. The Bertz CT molecular complexity index is 1430. The molecular weight excluding hydrogens is 838 g/mol. The highest BCUT2D eigenvalue weighted by atomic mass is 32.3. The first-order valence-electron chi connectivity index (χ1n) is 9.64. The highest BCUT2D eigenvalue weighted by Gasteiger charge is 2.83. The van der Waals surface area contributed by atoms with Crippen molar-refractivity contribution in [1.82, 2.24) is 0 Å². The number of ether oxygens (including phenoxy) is 3. The topological polar surface area (TPSA) is 96.0 Å². The number of hydrogen-bond donors (Lipinski definition) is 0. The molecule has 0 radical (unpaired) electrons. The lowest BCUT2D eigenvalue weighted by Crippen LogP contribution is -2.61. The summed E-state index contributed by atoms with van der Waals surface area (Å²) in [6.45, 7) is 0. The molecule has 0 atom stereocenters. The SMILES string of the molecule is O=S(=O)(F)C(F)(F)C(F)(F)OC(F)(F)C(F)(F)C(F)(F)C(F)=C(F)OC(F)=C(F)C(F)(F)C(F)(F)C(F)(F)OC(F)(F)C(F)(F)S(=O)(=O)F. The van der Waals surface area contributed by atoms with Gasteiger partial charge in [0, 0.05) is 0 Å². The second kappa shape index (κ2) is 12.5. The van der Waals surface area contributed by atoms with Gasteiger partial charge in [0.2, 0.25) is 11.7 Å². The molecule has 7 nitrogen and oxygen atoms in total. The van der Waals surface area contributed by atoms with Crippen LogP contribution >= 0.6 is 0 Å². The van der Waals surface area contributed by atoms with E-state index in [9.17, 15) is 130 Å². The highest BCUT2D eigenvalue weighted by Crippen LogP contribution is 2.56. The lowest BCUT2D eigenvalue weighted by atomic mass is 10.1. The minimum absolute atomic E-state index is 1.12. The Morgan fingerprint density at radius 1 is 0.388 bits per heavy atom. The molecule has 0 N–H and O–H groups in total. The van der Waals surface area contributed by atoms with Crippen molar-refractivity contribution in [2.75, 3.05) is 0 Å². The number of hydrogen-bond acceptors (Lipinski definition) is 7. The minimum atomic E-state index is -8.43. The third-order valence-corrected chi connectivity index (χ3v) is 6.10. The Hall–Kier alpha value is -2.72.